The Hall–Kier alpha value is -4.28. The Bertz CT molecular complexity index is 1140. The monoisotopic (exact) mass is 406 g/mol. The molecule has 31 heavy (non-hydrogen) atoms. The van der Waals surface area contributed by atoms with Gasteiger partial charge in [-0.2, -0.15) is 5.26 Å². The van der Waals surface area contributed by atoms with E-state index in [2.05, 4.69) is 17.5 Å². The molecule has 4 heteroatoms. The van der Waals surface area contributed by atoms with Crippen molar-refractivity contribution in [3.8, 4) is 17.6 Å². The predicted molar refractivity (Wildman–Crippen MR) is 124 cm³/mol. The summed E-state index contributed by atoms with van der Waals surface area (Å²) in [6.07, 6.45) is 1.80. The second-order valence-electron chi connectivity index (χ2n) is 6.66. The van der Waals surface area contributed by atoms with Gasteiger partial charge in [-0.25, -0.2) is 4.85 Å². The fourth-order valence-corrected chi connectivity index (χ4v) is 3.03. The molecule has 4 nitrogen and oxygen atoms in total. The Labute approximate surface area is 183 Å². The summed E-state index contributed by atoms with van der Waals surface area (Å²) in [5.74, 6) is 1.42. The molecule has 0 heterocycles. The normalized spacial score (nSPS) is 10.9. The summed E-state index contributed by atoms with van der Waals surface area (Å²) < 4.78 is 11.3. The Morgan fingerprint density at radius 1 is 0.935 bits per heavy atom. The van der Waals surface area contributed by atoms with Crippen LogP contribution in [0.15, 0.2) is 79.4 Å². The van der Waals surface area contributed by atoms with E-state index in [0.29, 0.717) is 41.4 Å². The zero-order chi connectivity index (χ0) is 22.1. The molecular formula is C27H22N2O2. The van der Waals surface area contributed by atoms with Crippen molar-refractivity contribution in [2.75, 3.05) is 6.61 Å². The lowest BCUT2D eigenvalue weighted by molar-refractivity contribution is 0.306. The molecule has 152 valence electrons. The van der Waals surface area contributed by atoms with Crippen LogP contribution in [0.5, 0.6) is 11.5 Å². The molecule has 0 radical (unpaired) electrons. The van der Waals surface area contributed by atoms with Crippen molar-refractivity contribution in [2.24, 2.45) is 0 Å². The van der Waals surface area contributed by atoms with Gasteiger partial charge in [-0.1, -0.05) is 61.2 Å². The minimum atomic E-state index is 0.304. The third-order valence-electron chi connectivity index (χ3n) is 4.66. The Morgan fingerprint density at radius 3 is 2.03 bits per heavy atom. The van der Waals surface area contributed by atoms with Gasteiger partial charge < -0.3 is 9.47 Å². The van der Waals surface area contributed by atoms with Gasteiger partial charge in [-0.05, 0) is 53.4 Å². The van der Waals surface area contributed by atoms with Crippen LogP contribution < -0.4 is 9.47 Å². The quantitative estimate of drug-likeness (QED) is 0.240. The van der Waals surface area contributed by atoms with Crippen molar-refractivity contribution in [2.45, 2.75) is 13.5 Å². The molecule has 0 aliphatic heterocycles. The third kappa shape index (κ3) is 5.41. The van der Waals surface area contributed by atoms with E-state index in [1.54, 1.807) is 42.5 Å². The Morgan fingerprint density at radius 2 is 1.52 bits per heavy atom. The first kappa shape index (κ1) is 21.4. The molecule has 3 aromatic carbocycles. The van der Waals surface area contributed by atoms with Crippen molar-refractivity contribution in [3.63, 3.8) is 0 Å². The highest BCUT2D eigenvalue weighted by Gasteiger charge is 2.12. The molecule has 3 aromatic rings. The molecule has 0 aromatic heterocycles. The molecule has 0 aliphatic carbocycles. The number of rotatable bonds is 8. The van der Waals surface area contributed by atoms with E-state index in [-0.39, 0.29) is 0 Å². The number of hydrogen-bond acceptors (Lipinski definition) is 3. The van der Waals surface area contributed by atoms with Crippen LogP contribution in [-0.4, -0.2) is 6.61 Å². The fraction of sp³-hybridized carbons (Fsp3) is 0.111. The van der Waals surface area contributed by atoms with E-state index >= 15 is 0 Å². The lowest BCUT2D eigenvalue weighted by Gasteiger charge is -2.09. The summed E-state index contributed by atoms with van der Waals surface area (Å²) in [4.78, 5) is 3.63. The zero-order valence-electron chi connectivity index (χ0n) is 17.3. The number of hydrogen-bond donors (Lipinski definition) is 0. The smallest absolute Gasteiger partial charge is 0.212 e. The van der Waals surface area contributed by atoms with Gasteiger partial charge in [-0.3, -0.25) is 0 Å². The molecule has 0 bridgehead atoms. The average molecular weight is 406 g/mol. The van der Waals surface area contributed by atoms with Gasteiger partial charge in [0.25, 0.3) is 0 Å². The maximum absolute atomic E-state index is 9.70. The minimum Gasteiger partial charge on any atom is -0.494 e. The van der Waals surface area contributed by atoms with Gasteiger partial charge in [0.05, 0.1) is 24.8 Å². The highest BCUT2D eigenvalue weighted by atomic mass is 16.5. The molecular weight excluding hydrogens is 384 g/mol. The second-order valence-corrected chi connectivity index (χ2v) is 6.66. The summed E-state index contributed by atoms with van der Waals surface area (Å²) in [5, 5.41) is 9.70. The average Bonchev–Trinajstić information content (AvgIpc) is 2.83. The van der Waals surface area contributed by atoms with E-state index in [1.807, 2.05) is 43.3 Å². The molecule has 0 saturated heterocycles. The van der Waals surface area contributed by atoms with Crippen LogP contribution in [0.4, 0.5) is 0 Å². The number of ether oxygens (including phenoxy) is 2. The van der Waals surface area contributed by atoms with Crippen molar-refractivity contribution >= 4 is 17.3 Å². The topological polar surface area (TPSA) is 46.6 Å². The maximum Gasteiger partial charge on any atom is 0.212 e. The molecule has 0 aliphatic rings. The lowest BCUT2D eigenvalue weighted by Crippen LogP contribution is -1.96. The van der Waals surface area contributed by atoms with Crippen LogP contribution in [0.2, 0.25) is 0 Å². The third-order valence-corrected chi connectivity index (χ3v) is 4.66. The molecule has 0 spiro atoms. The zero-order valence-corrected chi connectivity index (χ0v) is 17.3. The van der Waals surface area contributed by atoms with Crippen LogP contribution in [-0.2, 0) is 6.61 Å². The van der Waals surface area contributed by atoms with Crippen molar-refractivity contribution < 1.29 is 9.47 Å². The first-order valence-corrected chi connectivity index (χ1v) is 9.88. The SMILES string of the molecule is [C-]#[N+]C(=C(C#N)c1ccc(OCC)cc1)c1ccc(OCc2ccc(C=C)cc2)cc1. The Kier molecular flexibility index (Phi) is 7.25. The van der Waals surface area contributed by atoms with Gasteiger partial charge in [-0.15, -0.1) is 0 Å². The van der Waals surface area contributed by atoms with Crippen LogP contribution in [0.25, 0.3) is 22.2 Å². The summed E-state index contributed by atoms with van der Waals surface area (Å²) in [6.45, 7) is 14.3. The number of nitrogens with zero attached hydrogens (tertiary/aromatic N) is 2. The van der Waals surface area contributed by atoms with Gasteiger partial charge in [0.2, 0.25) is 5.70 Å². The lowest BCUT2D eigenvalue weighted by atomic mass is 10.0. The van der Waals surface area contributed by atoms with Crippen LogP contribution in [0.3, 0.4) is 0 Å². The predicted octanol–water partition coefficient (Wildman–Crippen LogP) is 6.62. The van der Waals surface area contributed by atoms with Crippen LogP contribution in [0.1, 0.15) is 29.2 Å². The fourth-order valence-electron chi connectivity index (χ4n) is 3.03. The number of nitriles is 1. The van der Waals surface area contributed by atoms with Crippen LogP contribution in [0, 0.1) is 17.9 Å². The van der Waals surface area contributed by atoms with Crippen molar-refractivity contribution in [3.05, 3.63) is 113 Å². The minimum absolute atomic E-state index is 0.304. The first-order valence-electron chi connectivity index (χ1n) is 9.88. The highest BCUT2D eigenvalue weighted by Crippen LogP contribution is 2.29. The second kappa shape index (κ2) is 10.5. The highest BCUT2D eigenvalue weighted by molar-refractivity contribution is 5.99. The van der Waals surface area contributed by atoms with E-state index in [0.717, 1.165) is 16.9 Å². The van der Waals surface area contributed by atoms with Crippen LogP contribution >= 0.6 is 0 Å². The van der Waals surface area contributed by atoms with Gasteiger partial charge in [0.1, 0.15) is 18.1 Å². The van der Waals surface area contributed by atoms with E-state index < -0.39 is 0 Å². The van der Waals surface area contributed by atoms with Crippen molar-refractivity contribution in [1.82, 2.24) is 0 Å². The van der Waals surface area contributed by atoms with Gasteiger partial charge in [0, 0.05) is 0 Å². The molecule has 0 unspecified atom stereocenters. The number of allylic oxidation sites excluding steroid dienone is 1. The molecule has 0 fully saturated rings. The first-order chi connectivity index (χ1) is 15.2. The van der Waals surface area contributed by atoms with E-state index in [9.17, 15) is 5.26 Å². The summed E-state index contributed by atoms with van der Waals surface area (Å²) in [5.41, 5.74) is 4.10. The maximum atomic E-state index is 9.70. The number of benzene rings is 3. The summed E-state index contributed by atoms with van der Waals surface area (Å²) in [6, 6.07) is 24.6. The molecule has 0 saturated carbocycles. The molecule has 0 atom stereocenters. The molecule has 0 amide bonds. The Balaban J connectivity index is 1.78. The van der Waals surface area contributed by atoms with E-state index in [1.165, 1.54) is 0 Å². The van der Waals surface area contributed by atoms with Gasteiger partial charge >= 0.3 is 0 Å². The summed E-state index contributed by atoms with van der Waals surface area (Å²) in [7, 11) is 0. The van der Waals surface area contributed by atoms with E-state index in [4.69, 9.17) is 16.0 Å². The molecule has 0 N–H and O–H groups in total. The standard InChI is InChI=1S/C27H22N2O2/c1-4-20-6-8-21(9-7-20)19-31-25-16-12-23(13-17-25)27(29-3)26(18-28)22-10-14-24(15-11-22)30-5-2/h4,6-17H,1,5,19H2,2H3. The van der Waals surface area contributed by atoms with Crippen molar-refractivity contribution in [1.29, 1.82) is 5.26 Å². The molecule has 3 rings (SSSR count). The largest absolute Gasteiger partial charge is 0.494 e. The van der Waals surface area contributed by atoms with Gasteiger partial charge in [0.15, 0.2) is 0 Å². The summed E-state index contributed by atoms with van der Waals surface area (Å²) >= 11 is 0.